The van der Waals surface area contributed by atoms with E-state index in [0.717, 1.165) is 29.8 Å². The van der Waals surface area contributed by atoms with E-state index in [4.69, 9.17) is 16.8 Å². The number of halogens is 1. The lowest BCUT2D eigenvalue weighted by atomic mass is 10.1. The van der Waals surface area contributed by atoms with E-state index in [9.17, 15) is 9.59 Å². The van der Waals surface area contributed by atoms with E-state index in [1.54, 1.807) is 11.6 Å². The van der Waals surface area contributed by atoms with Crippen LogP contribution >= 0.6 is 11.6 Å². The number of hydrogen-bond acceptors (Lipinski definition) is 4. The van der Waals surface area contributed by atoms with Gasteiger partial charge in [0.2, 0.25) is 5.91 Å². The van der Waals surface area contributed by atoms with Crippen molar-refractivity contribution in [3.63, 3.8) is 0 Å². The number of hydroxylamine groups is 1. The molecular formula is C22H22ClN3O3. The fourth-order valence-electron chi connectivity index (χ4n) is 4.24. The molecule has 0 radical (unpaired) electrons. The van der Waals surface area contributed by atoms with Gasteiger partial charge in [0.15, 0.2) is 0 Å². The molecule has 0 spiro atoms. The normalized spacial score (nSPS) is 20.5. The molecular weight excluding hydrogens is 390 g/mol. The van der Waals surface area contributed by atoms with E-state index in [1.807, 2.05) is 53.4 Å². The van der Waals surface area contributed by atoms with Crippen molar-refractivity contribution in [3.05, 3.63) is 70.8 Å². The maximum absolute atomic E-state index is 12.8. The number of nitrogens with one attached hydrogen (secondary N) is 1. The molecule has 2 N–H and O–H groups in total. The summed E-state index contributed by atoms with van der Waals surface area (Å²) in [4.78, 5) is 28.4. The molecule has 0 aromatic heterocycles. The zero-order valence-electron chi connectivity index (χ0n) is 15.8. The Hall–Kier alpha value is -2.83. The van der Waals surface area contributed by atoms with Gasteiger partial charge in [0.05, 0.1) is 12.5 Å². The third-order valence-electron chi connectivity index (χ3n) is 5.60. The van der Waals surface area contributed by atoms with E-state index in [0.29, 0.717) is 18.0 Å². The van der Waals surface area contributed by atoms with E-state index in [1.165, 1.54) is 6.08 Å². The van der Waals surface area contributed by atoms with Crippen molar-refractivity contribution in [2.75, 3.05) is 18.0 Å². The highest BCUT2D eigenvalue weighted by Crippen LogP contribution is 2.36. The van der Waals surface area contributed by atoms with Gasteiger partial charge < -0.3 is 9.80 Å². The summed E-state index contributed by atoms with van der Waals surface area (Å²) in [5.74, 6) is -0.422. The van der Waals surface area contributed by atoms with Crippen LogP contribution in [0.15, 0.2) is 54.6 Å². The van der Waals surface area contributed by atoms with Crippen molar-refractivity contribution >= 4 is 35.2 Å². The number of carbonyl (C=O) groups excluding carboxylic acids is 2. The number of nitrogens with zero attached hydrogens (tertiary/aromatic N) is 2. The van der Waals surface area contributed by atoms with Crippen molar-refractivity contribution in [3.8, 4) is 0 Å². The zero-order valence-corrected chi connectivity index (χ0v) is 16.5. The summed E-state index contributed by atoms with van der Waals surface area (Å²) in [5.41, 5.74) is 4.51. The summed E-state index contributed by atoms with van der Waals surface area (Å²) in [6, 6.07) is 15.7. The van der Waals surface area contributed by atoms with Crippen LogP contribution in [0.4, 0.5) is 5.69 Å². The fourth-order valence-corrected chi connectivity index (χ4v) is 4.36. The highest BCUT2D eigenvalue weighted by molar-refractivity contribution is 6.30. The van der Waals surface area contributed by atoms with Gasteiger partial charge in [-0.25, -0.2) is 5.48 Å². The first-order chi connectivity index (χ1) is 14.0. The van der Waals surface area contributed by atoms with E-state index in [2.05, 4.69) is 4.90 Å². The molecule has 2 heterocycles. The summed E-state index contributed by atoms with van der Waals surface area (Å²) in [7, 11) is 0. The summed E-state index contributed by atoms with van der Waals surface area (Å²) in [5, 5.41) is 9.34. The fraction of sp³-hybridized carbons (Fsp3) is 0.273. The molecule has 0 saturated carbocycles. The van der Waals surface area contributed by atoms with Gasteiger partial charge in [-0.05, 0) is 41.8 Å². The maximum Gasteiger partial charge on any atom is 0.267 e. The van der Waals surface area contributed by atoms with Crippen LogP contribution in [0.1, 0.15) is 17.5 Å². The van der Waals surface area contributed by atoms with Crippen LogP contribution < -0.4 is 10.4 Å². The first kappa shape index (κ1) is 19.5. The molecule has 2 bridgehead atoms. The molecule has 0 aliphatic carbocycles. The van der Waals surface area contributed by atoms with Crippen molar-refractivity contribution in [2.45, 2.75) is 24.9 Å². The third kappa shape index (κ3) is 4.13. The largest absolute Gasteiger partial charge is 0.364 e. The molecule has 29 heavy (non-hydrogen) atoms. The summed E-state index contributed by atoms with van der Waals surface area (Å²) < 4.78 is 0. The standard InChI is InChI=1S/C22H22ClN3O3/c23-17-8-5-15(6-9-17)11-22(28)26-14-18-12-19(26)13-25(18)20-4-2-1-3-16(20)7-10-21(27)24-29/h1-10,18-19,29H,11-14H2,(H,24,27)/b10-7+. The Morgan fingerprint density at radius 3 is 2.55 bits per heavy atom. The van der Waals surface area contributed by atoms with Crippen LogP contribution in [0.5, 0.6) is 0 Å². The van der Waals surface area contributed by atoms with Crippen molar-refractivity contribution in [1.82, 2.24) is 10.4 Å². The quantitative estimate of drug-likeness (QED) is 0.451. The Labute approximate surface area is 174 Å². The number of para-hydroxylation sites is 1. The number of fused-ring (bicyclic) bond motifs is 2. The lowest BCUT2D eigenvalue weighted by Crippen LogP contribution is -2.49. The van der Waals surface area contributed by atoms with Gasteiger partial charge >= 0.3 is 0 Å². The summed E-state index contributed by atoms with van der Waals surface area (Å²) in [6.07, 6.45) is 4.32. The Balaban J connectivity index is 1.44. The molecule has 2 saturated heterocycles. The second-order valence-electron chi connectivity index (χ2n) is 7.41. The molecule has 2 unspecified atom stereocenters. The Morgan fingerprint density at radius 2 is 1.86 bits per heavy atom. The minimum absolute atomic E-state index is 0.146. The average Bonchev–Trinajstić information content (AvgIpc) is 3.35. The zero-order chi connectivity index (χ0) is 20.4. The van der Waals surface area contributed by atoms with Crippen LogP contribution in [0.25, 0.3) is 6.08 Å². The highest BCUT2D eigenvalue weighted by atomic mass is 35.5. The smallest absolute Gasteiger partial charge is 0.267 e. The van der Waals surface area contributed by atoms with Crippen LogP contribution in [0, 0.1) is 0 Å². The Bertz CT molecular complexity index is 945. The monoisotopic (exact) mass is 411 g/mol. The highest BCUT2D eigenvalue weighted by Gasteiger charge is 2.45. The number of hydrogen-bond donors (Lipinski definition) is 2. The molecule has 2 aromatic rings. The van der Waals surface area contributed by atoms with Gasteiger partial charge in [0.25, 0.3) is 5.91 Å². The topological polar surface area (TPSA) is 72.9 Å². The van der Waals surface area contributed by atoms with Gasteiger partial charge in [0, 0.05) is 35.9 Å². The second-order valence-corrected chi connectivity index (χ2v) is 7.85. The number of likely N-dealkylation sites (tertiary alicyclic amines) is 1. The van der Waals surface area contributed by atoms with Crippen molar-refractivity contribution in [2.24, 2.45) is 0 Å². The van der Waals surface area contributed by atoms with Gasteiger partial charge in [-0.2, -0.15) is 0 Å². The number of benzene rings is 2. The Morgan fingerprint density at radius 1 is 1.10 bits per heavy atom. The molecule has 6 nitrogen and oxygen atoms in total. The predicted molar refractivity (Wildman–Crippen MR) is 112 cm³/mol. The molecule has 2 amide bonds. The van der Waals surface area contributed by atoms with Crippen molar-refractivity contribution < 1.29 is 14.8 Å². The lowest BCUT2D eigenvalue weighted by molar-refractivity contribution is -0.131. The predicted octanol–water partition coefficient (Wildman–Crippen LogP) is 2.89. The van der Waals surface area contributed by atoms with Gasteiger partial charge in [-0.3, -0.25) is 14.8 Å². The molecule has 2 aliphatic heterocycles. The van der Waals surface area contributed by atoms with Crippen LogP contribution in [-0.2, 0) is 16.0 Å². The SMILES string of the molecule is O=C(/C=C/c1ccccc1N1CC2CC1CN2C(=O)Cc1ccc(Cl)cc1)NO. The summed E-state index contributed by atoms with van der Waals surface area (Å²) >= 11 is 5.92. The maximum atomic E-state index is 12.8. The first-order valence-electron chi connectivity index (χ1n) is 9.57. The van der Waals surface area contributed by atoms with Gasteiger partial charge in [-0.1, -0.05) is 41.9 Å². The van der Waals surface area contributed by atoms with Crippen LogP contribution in [0.3, 0.4) is 0 Å². The summed E-state index contributed by atoms with van der Waals surface area (Å²) in [6.45, 7) is 1.47. The molecule has 2 aliphatic rings. The number of rotatable bonds is 5. The number of piperazine rings is 1. The molecule has 150 valence electrons. The molecule has 2 atom stereocenters. The number of anilines is 1. The lowest BCUT2D eigenvalue weighted by Gasteiger charge is -2.36. The number of amides is 2. The van der Waals surface area contributed by atoms with E-state index >= 15 is 0 Å². The molecule has 2 fully saturated rings. The van der Waals surface area contributed by atoms with Gasteiger partial charge in [-0.15, -0.1) is 0 Å². The Kier molecular flexibility index (Phi) is 5.56. The van der Waals surface area contributed by atoms with Gasteiger partial charge in [0.1, 0.15) is 0 Å². The minimum atomic E-state index is -0.568. The minimum Gasteiger partial charge on any atom is -0.364 e. The molecule has 4 rings (SSSR count). The first-order valence-corrected chi connectivity index (χ1v) is 9.94. The molecule has 7 heteroatoms. The van der Waals surface area contributed by atoms with Crippen LogP contribution in [-0.4, -0.2) is 47.1 Å². The van der Waals surface area contributed by atoms with Crippen molar-refractivity contribution in [1.29, 1.82) is 0 Å². The third-order valence-corrected chi connectivity index (χ3v) is 5.85. The second kappa shape index (κ2) is 8.27. The van der Waals surface area contributed by atoms with E-state index in [-0.39, 0.29) is 18.0 Å². The number of carbonyl (C=O) groups is 2. The molecule has 2 aromatic carbocycles. The average molecular weight is 412 g/mol. The van der Waals surface area contributed by atoms with Crippen LogP contribution in [0.2, 0.25) is 5.02 Å². The van der Waals surface area contributed by atoms with E-state index < -0.39 is 5.91 Å².